The highest BCUT2D eigenvalue weighted by Gasteiger charge is 2.14. The van der Waals surface area contributed by atoms with Gasteiger partial charge in [0.15, 0.2) is 0 Å². The summed E-state index contributed by atoms with van der Waals surface area (Å²) in [5, 5.41) is 9.38. The van der Waals surface area contributed by atoms with Gasteiger partial charge >= 0.3 is 0 Å². The van der Waals surface area contributed by atoms with Gasteiger partial charge in [0, 0.05) is 7.11 Å². The monoisotopic (exact) mass is 146 g/mol. The molecule has 0 fully saturated rings. The average molecular weight is 146 g/mol. The molecular weight excluding hydrogens is 128 g/mol. The fraction of sp³-hybridized carbons (Fsp3) is 1.00. The van der Waals surface area contributed by atoms with E-state index in [9.17, 15) is 5.11 Å². The van der Waals surface area contributed by atoms with Crippen LogP contribution in [0, 0.1) is 0 Å². The maximum Gasteiger partial charge on any atom is 0.0827 e. The van der Waals surface area contributed by atoms with Crippen LogP contribution in [-0.4, -0.2) is 24.4 Å². The molecule has 0 radical (unpaired) electrons. The van der Waals surface area contributed by atoms with Crippen LogP contribution in [-0.2, 0) is 4.74 Å². The molecule has 0 aromatic rings. The third kappa shape index (κ3) is 3.18. The summed E-state index contributed by atoms with van der Waals surface area (Å²) >= 11 is 0. The van der Waals surface area contributed by atoms with Gasteiger partial charge in [-0.2, -0.15) is 0 Å². The van der Waals surface area contributed by atoms with Crippen molar-refractivity contribution in [3.63, 3.8) is 0 Å². The van der Waals surface area contributed by atoms with Crippen molar-refractivity contribution in [2.45, 2.75) is 45.3 Å². The van der Waals surface area contributed by atoms with E-state index in [1.165, 1.54) is 0 Å². The third-order valence-corrected chi connectivity index (χ3v) is 1.72. The first-order chi connectivity index (χ1) is 4.76. The van der Waals surface area contributed by atoms with Crippen LogP contribution < -0.4 is 0 Å². The molecule has 0 aromatic heterocycles. The Kier molecular flexibility index (Phi) is 5.64. The van der Waals surface area contributed by atoms with E-state index < -0.39 is 0 Å². The van der Waals surface area contributed by atoms with Crippen molar-refractivity contribution in [3.05, 3.63) is 0 Å². The van der Waals surface area contributed by atoms with Gasteiger partial charge in [-0.1, -0.05) is 20.3 Å². The molecule has 0 rings (SSSR count). The number of methoxy groups -OCH3 is 1. The number of aliphatic hydroxyl groups is 1. The van der Waals surface area contributed by atoms with Gasteiger partial charge in [0.25, 0.3) is 0 Å². The van der Waals surface area contributed by atoms with Crippen LogP contribution >= 0.6 is 0 Å². The lowest BCUT2D eigenvalue weighted by molar-refractivity contribution is -0.0174. The Labute approximate surface area is 63.2 Å². The second kappa shape index (κ2) is 5.69. The number of aliphatic hydroxyl groups excluding tert-OH is 1. The first-order valence-corrected chi connectivity index (χ1v) is 3.97. The summed E-state index contributed by atoms with van der Waals surface area (Å²) in [4.78, 5) is 0. The normalized spacial score (nSPS) is 16.8. The zero-order valence-electron chi connectivity index (χ0n) is 7.13. The van der Waals surface area contributed by atoms with Crippen molar-refractivity contribution < 1.29 is 9.84 Å². The fourth-order valence-electron chi connectivity index (χ4n) is 1.08. The van der Waals surface area contributed by atoms with E-state index in [0.717, 1.165) is 19.3 Å². The molecule has 2 heteroatoms. The molecule has 0 unspecified atom stereocenters. The topological polar surface area (TPSA) is 29.5 Å². The van der Waals surface area contributed by atoms with Gasteiger partial charge in [-0.3, -0.25) is 0 Å². The highest BCUT2D eigenvalue weighted by atomic mass is 16.5. The van der Waals surface area contributed by atoms with Gasteiger partial charge < -0.3 is 9.84 Å². The molecule has 0 aliphatic carbocycles. The van der Waals surface area contributed by atoms with Crippen LogP contribution in [0.1, 0.15) is 33.1 Å². The second-order valence-corrected chi connectivity index (χ2v) is 2.54. The van der Waals surface area contributed by atoms with Crippen LogP contribution in [0.2, 0.25) is 0 Å². The Balaban J connectivity index is 3.53. The summed E-state index contributed by atoms with van der Waals surface area (Å²) in [7, 11) is 1.65. The summed E-state index contributed by atoms with van der Waals surface area (Å²) in [5.74, 6) is 0. The van der Waals surface area contributed by atoms with Crippen LogP contribution in [0.5, 0.6) is 0 Å². The first kappa shape index (κ1) is 9.92. The summed E-state index contributed by atoms with van der Waals surface area (Å²) in [6.07, 6.45) is 2.49. The van der Waals surface area contributed by atoms with Gasteiger partial charge in [0.1, 0.15) is 0 Å². The lowest BCUT2D eigenvalue weighted by Gasteiger charge is -2.18. The molecule has 0 aromatic carbocycles. The van der Waals surface area contributed by atoms with Gasteiger partial charge in [-0.05, 0) is 12.8 Å². The molecule has 62 valence electrons. The molecule has 0 saturated heterocycles. The standard InChI is InChI=1S/C8H18O2/c1-4-6-7(9)8(5-2)10-3/h7-9H,4-6H2,1-3H3/t7-,8-/m1/s1. The van der Waals surface area contributed by atoms with E-state index in [0.29, 0.717) is 0 Å². The lowest BCUT2D eigenvalue weighted by Crippen LogP contribution is -2.26. The molecule has 0 aliphatic rings. The Morgan fingerprint density at radius 3 is 2.30 bits per heavy atom. The molecule has 2 nitrogen and oxygen atoms in total. The minimum absolute atomic E-state index is 0.0277. The van der Waals surface area contributed by atoms with E-state index in [2.05, 4.69) is 6.92 Å². The van der Waals surface area contributed by atoms with Crippen LogP contribution in [0.25, 0.3) is 0 Å². The van der Waals surface area contributed by atoms with Crippen LogP contribution in [0.3, 0.4) is 0 Å². The number of hydrogen-bond acceptors (Lipinski definition) is 2. The molecule has 0 spiro atoms. The van der Waals surface area contributed by atoms with Crippen molar-refractivity contribution >= 4 is 0 Å². The van der Waals surface area contributed by atoms with Gasteiger partial charge in [-0.25, -0.2) is 0 Å². The van der Waals surface area contributed by atoms with Crippen molar-refractivity contribution in [3.8, 4) is 0 Å². The average Bonchev–Trinajstić information content (AvgIpc) is 1.91. The lowest BCUT2D eigenvalue weighted by atomic mass is 10.1. The van der Waals surface area contributed by atoms with Gasteiger partial charge in [-0.15, -0.1) is 0 Å². The first-order valence-electron chi connectivity index (χ1n) is 3.97. The molecule has 2 atom stereocenters. The van der Waals surface area contributed by atoms with E-state index in [-0.39, 0.29) is 12.2 Å². The Morgan fingerprint density at radius 1 is 1.40 bits per heavy atom. The summed E-state index contributed by atoms with van der Waals surface area (Å²) < 4.78 is 5.06. The maximum absolute atomic E-state index is 9.38. The summed E-state index contributed by atoms with van der Waals surface area (Å²) in [5.41, 5.74) is 0. The SMILES string of the molecule is CCC[C@@H](O)[C@@H](CC)OC. The zero-order valence-corrected chi connectivity index (χ0v) is 7.13. The quantitative estimate of drug-likeness (QED) is 0.638. The van der Waals surface area contributed by atoms with E-state index >= 15 is 0 Å². The summed E-state index contributed by atoms with van der Waals surface area (Å²) in [6.45, 7) is 4.08. The highest BCUT2D eigenvalue weighted by molar-refractivity contribution is 4.65. The minimum atomic E-state index is -0.278. The van der Waals surface area contributed by atoms with Crippen LogP contribution in [0.4, 0.5) is 0 Å². The van der Waals surface area contributed by atoms with E-state index in [4.69, 9.17) is 4.74 Å². The Morgan fingerprint density at radius 2 is 2.00 bits per heavy atom. The molecule has 1 N–H and O–H groups in total. The third-order valence-electron chi connectivity index (χ3n) is 1.72. The van der Waals surface area contributed by atoms with Gasteiger partial charge in [0.05, 0.1) is 12.2 Å². The molecule has 0 bridgehead atoms. The zero-order chi connectivity index (χ0) is 7.98. The predicted octanol–water partition coefficient (Wildman–Crippen LogP) is 1.57. The predicted molar refractivity (Wildman–Crippen MR) is 42.0 cm³/mol. The molecule has 0 amide bonds. The number of ether oxygens (including phenoxy) is 1. The van der Waals surface area contributed by atoms with Crippen molar-refractivity contribution in [2.75, 3.05) is 7.11 Å². The molecule has 0 heterocycles. The maximum atomic E-state index is 9.38. The minimum Gasteiger partial charge on any atom is -0.390 e. The van der Waals surface area contributed by atoms with E-state index in [1.807, 2.05) is 6.92 Å². The van der Waals surface area contributed by atoms with Crippen molar-refractivity contribution in [1.29, 1.82) is 0 Å². The number of rotatable bonds is 5. The molecule has 0 saturated carbocycles. The molecule has 0 aliphatic heterocycles. The largest absolute Gasteiger partial charge is 0.390 e. The molecule has 10 heavy (non-hydrogen) atoms. The summed E-state index contributed by atoms with van der Waals surface area (Å²) in [6, 6.07) is 0. The number of hydrogen-bond donors (Lipinski definition) is 1. The van der Waals surface area contributed by atoms with E-state index in [1.54, 1.807) is 7.11 Å². The molecular formula is C8H18O2. The van der Waals surface area contributed by atoms with Gasteiger partial charge in [0.2, 0.25) is 0 Å². The Hall–Kier alpha value is -0.0800. The highest BCUT2D eigenvalue weighted by Crippen LogP contribution is 2.07. The van der Waals surface area contributed by atoms with Crippen LogP contribution in [0.15, 0.2) is 0 Å². The fourth-order valence-corrected chi connectivity index (χ4v) is 1.08. The Bertz CT molecular complexity index is 69.7. The van der Waals surface area contributed by atoms with Crippen molar-refractivity contribution in [2.24, 2.45) is 0 Å². The second-order valence-electron chi connectivity index (χ2n) is 2.54. The smallest absolute Gasteiger partial charge is 0.0827 e. The van der Waals surface area contributed by atoms with Crippen molar-refractivity contribution in [1.82, 2.24) is 0 Å².